The van der Waals surface area contributed by atoms with E-state index < -0.39 is 0 Å². The van der Waals surface area contributed by atoms with E-state index >= 15 is 0 Å². The van der Waals surface area contributed by atoms with Gasteiger partial charge in [-0.15, -0.1) is 0 Å². The first-order valence-corrected chi connectivity index (χ1v) is 8.49. The number of carbonyl (C=O) groups is 1. The smallest absolute Gasteiger partial charge is 0.256 e. The van der Waals surface area contributed by atoms with Crippen molar-refractivity contribution in [3.63, 3.8) is 0 Å². The Hall–Kier alpha value is -2.63. The van der Waals surface area contributed by atoms with Crippen molar-refractivity contribution < 1.29 is 4.79 Å². The molecule has 0 saturated carbocycles. The van der Waals surface area contributed by atoms with E-state index in [-0.39, 0.29) is 11.9 Å². The van der Waals surface area contributed by atoms with Crippen LogP contribution in [0.4, 0.5) is 0 Å². The van der Waals surface area contributed by atoms with Gasteiger partial charge >= 0.3 is 0 Å². The van der Waals surface area contributed by atoms with Crippen LogP contribution >= 0.6 is 0 Å². The molecule has 1 saturated heterocycles. The molecule has 0 N–H and O–H groups in total. The van der Waals surface area contributed by atoms with E-state index in [9.17, 15) is 4.79 Å². The zero-order valence-electron chi connectivity index (χ0n) is 13.8. The molecular formula is C18H21N5O. The van der Waals surface area contributed by atoms with Crippen molar-refractivity contribution in [2.75, 3.05) is 6.54 Å². The van der Waals surface area contributed by atoms with Gasteiger partial charge in [-0.05, 0) is 25.8 Å². The van der Waals surface area contributed by atoms with Crippen LogP contribution in [0.15, 0.2) is 43.1 Å². The van der Waals surface area contributed by atoms with Crippen LogP contribution in [0.2, 0.25) is 0 Å². The Morgan fingerprint density at radius 3 is 3.00 bits per heavy atom. The average molecular weight is 323 g/mol. The first-order valence-electron chi connectivity index (χ1n) is 8.49. The zero-order chi connectivity index (χ0) is 16.5. The van der Waals surface area contributed by atoms with E-state index in [1.807, 2.05) is 34.0 Å². The number of likely N-dealkylation sites (tertiary alicyclic amines) is 1. The molecule has 124 valence electrons. The summed E-state index contributed by atoms with van der Waals surface area (Å²) in [5.41, 5.74) is 1.92. The van der Waals surface area contributed by atoms with Crippen LogP contribution in [0.5, 0.6) is 0 Å². The number of amides is 1. The molecule has 1 fully saturated rings. The Morgan fingerprint density at radius 2 is 2.21 bits per heavy atom. The first-order chi connectivity index (χ1) is 11.8. The van der Waals surface area contributed by atoms with Crippen molar-refractivity contribution in [1.29, 1.82) is 0 Å². The monoisotopic (exact) mass is 323 g/mol. The van der Waals surface area contributed by atoms with Crippen molar-refractivity contribution in [2.24, 2.45) is 0 Å². The van der Waals surface area contributed by atoms with Gasteiger partial charge in [0.25, 0.3) is 5.91 Å². The van der Waals surface area contributed by atoms with Crippen LogP contribution < -0.4 is 0 Å². The lowest BCUT2D eigenvalue weighted by Crippen LogP contribution is -2.38. The van der Waals surface area contributed by atoms with Crippen molar-refractivity contribution >= 4 is 16.8 Å². The molecule has 3 aromatic rings. The third-order valence-corrected chi connectivity index (χ3v) is 4.86. The summed E-state index contributed by atoms with van der Waals surface area (Å²) >= 11 is 0. The molecule has 1 unspecified atom stereocenters. The SMILES string of the molecule is CCn1cc(C(=O)N2CCCC2Cn2cncn2)c2ccccc21. The number of para-hydroxylation sites is 1. The number of fused-ring (bicyclic) bond motifs is 1. The second-order valence-corrected chi connectivity index (χ2v) is 6.26. The molecule has 1 atom stereocenters. The minimum atomic E-state index is 0.126. The number of benzene rings is 1. The van der Waals surface area contributed by atoms with Crippen LogP contribution in [-0.2, 0) is 13.1 Å². The van der Waals surface area contributed by atoms with Crippen molar-refractivity contribution in [1.82, 2.24) is 24.2 Å². The highest BCUT2D eigenvalue weighted by Gasteiger charge is 2.31. The molecule has 4 rings (SSSR count). The minimum absolute atomic E-state index is 0.126. The minimum Gasteiger partial charge on any atom is -0.347 e. The van der Waals surface area contributed by atoms with Crippen LogP contribution in [0, 0.1) is 0 Å². The first kappa shape index (κ1) is 14.9. The molecule has 0 radical (unpaired) electrons. The van der Waals surface area contributed by atoms with E-state index in [2.05, 4.69) is 27.6 Å². The maximum atomic E-state index is 13.2. The maximum absolute atomic E-state index is 13.2. The molecule has 3 heterocycles. The lowest BCUT2D eigenvalue weighted by Gasteiger charge is -2.24. The summed E-state index contributed by atoms with van der Waals surface area (Å²) in [5, 5.41) is 5.21. The maximum Gasteiger partial charge on any atom is 0.256 e. The molecule has 1 aliphatic heterocycles. The second-order valence-electron chi connectivity index (χ2n) is 6.26. The van der Waals surface area contributed by atoms with Gasteiger partial charge in [0.15, 0.2) is 0 Å². The standard InChI is InChI=1S/C18H21N5O/c1-2-21-11-16(15-7-3-4-8-17(15)21)18(24)23-9-5-6-14(23)10-22-13-19-12-20-22/h3-4,7-8,11-14H,2,5-6,9-10H2,1H3. The van der Waals surface area contributed by atoms with Crippen molar-refractivity contribution in [2.45, 2.75) is 38.9 Å². The predicted octanol–water partition coefficient (Wildman–Crippen LogP) is 2.56. The Bertz CT molecular complexity index is 852. The largest absolute Gasteiger partial charge is 0.347 e. The summed E-state index contributed by atoms with van der Waals surface area (Å²) < 4.78 is 3.96. The third-order valence-electron chi connectivity index (χ3n) is 4.86. The Morgan fingerprint density at radius 1 is 1.33 bits per heavy atom. The number of rotatable bonds is 4. The predicted molar refractivity (Wildman–Crippen MR) is 91.7 cm³/mol. The van der Waals surface area contributed by atoms with Gasteiger partial charge in [-0.3, -0.25) is 9.48 Å². The Balaban J connectivity index is 1.65. The molecule has 0 spiro atoms. The van der Waals surface area contributed by atoms with Gasteiger partial charge in [0.05, 0.1) is 18.2 Å². The summed E-state index contributed by atoms with van der Waals surface area (Å²) in [5.74, 6) is 0.126. The number of nitrogens with zero attached hydrogens (tertiary/aromatic N) is 5. The average Bonchev–Trinajstić information content (AvgIpc) is 3.34. The molecule has 6 nitrogen and oxygen atoms in total. The topological polar surface area (TPSA) is 56.0 Å². The van der Waals surface area contributed by atoms with E-state index in [0.29, 0.717) is 6.54 Å². The number of aryl methyl sites for hydroxylation is 1. The summed E-state index contributed by atoms with van der Waals surface area (Å²) in [4.78, 5) is 19.2. The quantitative estimate of drug-likeness (QED) is 0.741. The Kier molecular flexibility index (Phi) is 3.80. The number of carbonyl (C=O) groups excluding carboxylic acids is 1. The van der Waals surface area contributed by atoms with E-state index in [4.69, 9.17) is 0 Å². The number of hydrogen-bond donors (Lipinski definition) is 0. The van der Waals surface area contributed by atoms with Gasteiger partial charge in [-0.1, -0.05) is 18.2 Å². The molecule has 24 heavy (non-hydrogen) atoms. The van der Waals surface area contributed by atoms with Gasteiger partial charge in [-0.2, -0.15) is 5.10 Å². The van der Waals surface area contributed by atoms with Crippen molar-refractivity contribution in [3.8, 4) is 0 Å². The fraction of sp³-hybridized carbons (Fsp3) is 0.389. The van der Waals surface area contributed by atoms with E-state index in [1.165, 1.54) is 6.33 Å². The van der Waals surface area contributed by atoms with Gasteiger partial charge in [0.2, 0.25) is 0 Å². The number of hydrogen-bond acceptors (Lipinski definition) is 3. The summed E-state index contributed by atoms with van der Waals surface area (Å²) in [7, 11) is 0. The van der Waals surface area contributed by atoms with Gasteiger partial charge in [0, 0.05) is 30.2 Å². The summed E-state index contributed by atoms with van der Waals surface area (Å²) in [6.07, 6.45) is 7.30. The lowest BCUT2D eigenvalue weighted by molar-refractivity contribution is 0.0723. The highest BCUT2D eigenvalue weighted by Crippen LogP contribution is 2.27. The molecular weight excluding hydrogens is 302 g/mol. The zero-order valence-corrected chi connectivity index (χ0v) is 13.8. The highest BCUT2D eigenvalue weighted by molar-refractivity contribution is 6.07. The summed E-state index contributed by atoms with van der Waals surface area (Å²) in [6.45, 7) is 4.47. The van der Waals surface area contributed by atoms with E-state index in [0.717, 1.165) is 42.4 Å². The fourth-order valence-electron chi connectivity index (χ4n) is 3.67. The molecule has 1 aliphatic rings. The third kappa shape index (κ3) is 2.48. The molecule has 0 bridgehead atoms. The van der Waals surface area contributed by atoms with E-state index in [1.54, 1.807) is 6.33 Å². The normalized spacial score (nSPS) is 17.7. The molecule has 2 aromatic heterocycles. The van der Waals surface area contributed by atoms with Gasteiger partial charge < -0.3 is 9.47 Å². The molecule has 0 aliphatic carbocycles. The van der Waals surface area contributed by atoms with Crippen LogP contribution in [-0.4, -0.2) is 42.7 Å². The lowest BCUT2D eigenvalue weighted by atomic mass is 10.1. The van der Waals surface area contributed by atoms with Crippen LogP contribution in [0.1, 0.15) is 30.1 Å². The second kappa shape index (κ2) is 6.11. The molecule has 1 aromatic carbocycles. The van der Waals surface area contributed by atoms with Crippen molar-refractivity contribution in [3.05, 3.63) is 48.7 Å². The Labute approximate surface area is 140 Å². The van der Waals surface area contributed by atoms with Gasteiger partial charge in [-0.25, -0.2) is 4.98 Å². The molecule has 1 amide bonds. The summed E-state index contributed by atoms with van der Waals surface area (Å²) in [6, 6.07) is 8.31. The number of aromatic nitrogens is 4. The highest BCUT2D eigenvalue weighted by atomic mass is 16.2. The fourth-order valence-corrected chi connectivity index (χ4v) is 3.67. The molecule has 6 heteroatoms. The van der Waals surface area contributed by atoms with Crippen LogP contribution in [0.25, 0.3) is 10.9 Å². The van der Waals surface area contributed by atoms with Crippen LogP contribution in [0.3, 0.4) is 0 Å². The van der Waals surface area contributed by atoms with Gasteiger partial charge in [0.1, 0.15) is 12.7 Å².